The Kier molecular flexibility index (Phi) is 8.01. The highest BCUT2D eigenvalue weighted by molar-refractivity contribution is 9.10. The highest BCUT2D eigenvalue weighted by Crippen LogP contribution is 2.29. The number of nitro groups is 1. The molecule has 4 rings (SSSR count). The zero-order chi connectivity index (χ0) is 28.1. The van der Waals surface area contributed by atoms with Gasteiger partial charge < -0.3 is 14.8 Å². The number of urea groups is 1. The van der Waals surface area contributed by atoms with E-state index >= 15 is 0 Å². The monoisotopic (exact) mass is 594 g/mol. The van der Waals surface area contributed by atoms with E-state index in [0.29, 0.717) is 20.8 Å². The van der Waals surface area contributed by atoms with Crippen LogP contribution in [0.3, 0.4) is 0 Å². The third-order valence-corrected chi connectivity index (χ3v) is 5.93. The molecule has 1 heterocycles. The van der Waals surface area contributed by atoms with Crippen LogP contribution in [0.25, 0.3) is 6.08 Å². The van der Waals surface area contributed by atoms with Gasteiger partial charge in [-0.05, 0) is 48.5 Å². The minimum atomic E-state index is -1.00. The second-order valence-electron chi connectivity index (χ2n) is 7.95. The maximum absolute atomic E-state index is 13.2. The molecular weight excluding hydrogens is 576 g/mol. The number of carbonyl (C=O) groups is 4. The maximum Gasteiger partial charge on any atom is 0.335 e. The summed E-state index contributed by atoms with van der Waals surface area (Å²) in [5.74, 6) is -1.72. The van der Waals surface area contributed by atoms with E-state index in [-0.39, 0.29) is 22.7 Å². The summed E-state index contributed by atoms with van der Waals surface area (Å²) in [7, 11) is 1.47. The standard InChI is InChI=1S/C26H19BrN4O8/c1-38-22-5-3-2-4-20(22)28-23(32)14-39-21-11-6-16(27)12-15(21)13-19-24(33)29-26(35)30(25(19)34)17-7-9-18(10-8-17)31(36)37/h2-13H,14H2,1H3,(H,28,32)(H,29,33,35)/b19-13-. The average Bonchev–Trinajstić information content (AvgIpc) is 2.91. The van der Waals surface area contributed by atoms with E-state index in [2.05, 4.69) is 26.6 Å². The molecule has 3 aromatic carbocycles. The number of imide groups is 2. The number of barbiturate groups is 1. The van der Waals surface area contributed by atoms with E-state index in [1.807, 2.05) is 0 Å². The van der Waals surface area contributed by atoms with Gasteiger partial charge in [-0.2, -0.15) is 0 Å². The van der Waals surface area contributed by atoms with Gasteiger partial charge in [0.1, 0.15) is 17.1 Å². The van der Waals surface area contributed by atoms with Crippen LogP contribution >= 0.6 is 15.9 Å². The number of benzene rings is 3. The molecule has 198 valence electrons. The van der Waals surface area contributed by atoms with Gasteiger partial charge in [0.25, 0.3) is 23.4 Å². The largest absolute Gasteiger partial charge is 0.495 e. The molecule has 1 aliphatic heterocycles. The van der Waals surface area contributed by atoms with Gasteiger partial charge in [-0.25, -0.2) is 9.69 Å². The van der Waals surface area contributed by atoms with Gasteiger partial charge in [-0.15, -0.1) is 0 Å². The molecule has 0 atom stereocenters. The molecule has 12 nitrogen and oxygen atoms in total. The smallest absolute Gasteiger partial charge is 0.335 e. The molecule has 2 N–H and O–H groups in total. The number of non-ortho nitro benzene ring substituents is 1. The summed E-state index contributed by atoms with van der Waals surface area (Å²) in [4.78, 5) is 61.8. The maximum atomic E-state index is 13.2. The van der Waals surface area contributed by atoms with Crippen LogP contribution in [0.2, 0.25) is 0 Å². The van der Waals surface area contributed by atoms with Crippen molar-refractivity contribution in [3.63, 3.8) is 0 Å². The fourth-order valence-corrected chi connectivity index (χ4v) is 3.99. The molecule has 0 aromatic heterocycles. The molecule has 39 heavy (non-hydrogen) atoms. The van der Waals surface area contributed by atoms with E-state index in [1.165, 1.54) is 31.4 Å². The first kappa shape index (κ1) is 27.0. The molecule has 0 spiro atoms. The van der Waals surface area contributed by atoms with Crippen LogP contribution in [-0.4, -0.2) is 42.4 Å². The molecule has 0 unspecified atom stereocenters. The first-order valence-electron chi connectivity index (χ1n) is 11.2. The number of ether oxygens (including phenoxy) is 2. The van der Waals surface area contributed by atoms with Crippen molar-refractivity contribution in [1.82, 2.24) is 5.32 Å². The number of methoxy groups -OCH3 is 1. The zero-order valence-electron chi connectivity index (χ0n) is 20.2. The number of nitrogens with zero attached hydrogens (tertiary/aromatic N) is 2. The molecule has 0 radical (unpaired) electrons. The van der Waals surface area contributed by atoms with Crippen LogP contribution in [0.15, 0.2) is 76.8 Å². The lowest BCUT2D eigenvalue weighted by atomic mass is 10.1. The quantitative estimate of drug-likeness (QED) is 0.171. The number of anilines is 2. The SMILES string of the molecule is COc1ccccc1NC(=O)COc1ccc(Br)cc1/C=C1/C(=O)NC(=O)N(c2ccc([N+](=O)[O-])cc2)C1=O. The van der Waals surface area contributed by atoms with E-state index < -0.39 is 40.9 Å². The number of nitro benzene ring substituents is 1. The van der Waals surface area contributed by atoms with Crippen molar-refractivity contribution in [2.45, 2.75) is 0 Å². The van der Waals surface area contributed by atoms with Gasteiger partial charge in [0.15, 0.2) is 6.61 Å². The minimum Gasteiger partial charge on any atom is -0.495 e. The first-order valence-corrected chi connectivity index (χ1v) is 12.0. The van der Waals surface area contributed by atoms with Crippen LogP contribution in [0.5, 0.6) is 11.5 Å². The van der Waals surface area contributed by atoms with Crippen LogP contribution in [0, 0.1) is 10.1 Å². The second-order valence-corrected chi connectivity index (χ2v) is 8.87. The number of carbonyl (C=O) groups excluding carboxylic acids is 4. The Morgan fingerprint density at radius 2 is 1.79 bits per heavy atom. The van der Waals surface area contributed by atoms with Crippen LogP contribution in [0.4, 0.5) is 21.9 Å². The van der Waals surface area contributed by atoms with Gasteiger partial charge in [-0.1, -0.05) is 28.1 Å². The summed E-state index contributed by atoms with van der Waals surface area (Å²) in [6.45, 7) is -0.399. The fourth-order valence-electron chi connectivity index (χ4n) is 3.61. The average molecular weight is 595 g/mol. The van der Waals surface area contributed by atoms with Crippen LogP contribution in [0.1, 0.15) is 5.56 Å². The number of para-hydroxylation sites is 2. The molecule has 5 amide bonds. The number of hydrogen-bond acceptors (Lipinski definition) is 8. The van der Waals surface area contributed by atoms with E-state index in [1.54, 1.807) is 36.4 Å². The first-order chi connectivity index (χ1) is 18.7. The topological polar surface area (TPSA) is 157 Å². The van der Waals surface area contributed by atoms with Gasteiger partial charge in [0.2, 0.25) is 0 Å². The molecule has 1 aliphatic rings. The molecule has 0 bridgehead atoms. The van der Waals surface area contributed by atoms with Crippen LogP contribution < -0.4 is 25.0 Å². The highest BCUT2D eigenvalue weighted by atomic mass is 79.9. The molecule has 0 aliphatic carbocycles. The molecule has 3 aromatic rings. The van der Waals surface area contributed by atoms with Crippen molar-refractivity contribution in [2.24, 2.45) is 0 Å². The molecule has 1 fully saturated rings. The summed E-state index contributed by atoms with van der Waals surface area (Å²) in [6, 6.07) is 15.3. The lowest BCUT2D eigenvalue weighted by Gasteiger charge is -2.26. The van der Waals surface area contributed by atoms with Crippen molar-refractivity contribution < 1.29 is 33.6 Å². The number of nitrogens with one attached hydrogen (secondary N) is 2. The Hall–Kier alpha value is -5.04. The summed E-state index contributed by atoms with van der Waals surface area (Å²) in [5, 5.41) is 15.7. The Morgan fingerprint density at radius 3 is 2.49 bits per heavy atom. The number of hydrogen-bond donors (Lipinski definition) is 2. The summed E-state index contributed by atoms with van der Waals surface area (Å²) < 4.78 is 11.5. The zero-order valence-corrected chi connectivity index (χ0v) is 21.8. The minimum absolute atomic E-state index is 0.0280. The van der Waals surface area contributed by atoms with E-state index in [9.17, 15) is 29.3 Å². The Balaban J connectivity index is 1.58. The van der Waals surface area contributed by atoms with E-state index in [0.717, 1.165) is 12.1 Å². The third-order valence-electron chi connectivity index (χ3n) is 5.43. The summed E-state index contributed by atoms with van der Waals surface area (Å²) in [6.07, 6.45) is 1.22. The van der Waals surface area contributed by atoms with Gasteiger partial charge in [-0.3, -0.25) is 29.8 Å². The van der Waals surface area contributed by atoms with Crippen molar-refractivity contribution >= 4 is 62.8 Å². The molecule has 0 saturated carbocycles. The second kappa shape index (κ2) is 11.6. The highest BCUT2D eigenvalue weighted by Gasteiger charge is 2.37. The fraction of sp³-hybridized carbons (Fsp3) is 0.0769. The lowest BCUT2D eigenvalue weighted by molar-refractivity contribution is -0.384. The Morgan fingerprint density at radius 1 is 1.08 bits per heavy atom. The van der Waals surface area contributed by atoms with Gasteiger partial charge in [0, 0.05) is 22.2 Å². The Bertz CT molecular complexity index is 1520. The summed E-state index contributed by atoms with van der Waals surface area (Å²) in [5.41, 5.74) is 0.119. The summed E-state index contributed by atoms with van der Waals surface area (Å²) >= 11 is 3.33. The third kappa shape index (κ3) is 6.10. The van der Waals surface area contributed by atoms with Gasteiger partial charge in [0.05, 0.1) is 23.4 Å². The van der Waals surface area contributed by atoms with Crippen molar-refractivity contribution in [1.29, 1.82) is 0 Å². The van der Waals surface area contributed by atoms with Crippen molar-refractivity contribution in [3.05, 3.63) is 92.5 Å². The molecular formula is C26H19BrN4O8. The van der Waals surface area contributed by atoms with Gasteiger partial charge >= 0.3 is 6.03 Å². The molecule has 13 heteroatoms. The number of halogens is 1. The molecule has 1 saturated heterocycles. The Labute approximate surface area is 229 Å². The van der Waals surface area contributed by atoms with Crippen molar-refractivity contribution in [3.8, 4) is 11.5 Å². The normalized spacial score (nSPS) is 14.2. The van der Waals surface area contributed by atoms with Crippen molar-refractivity contribution in [2.75, 3.05) is 23.9 Å². The number of rotatable bonds is 8. The number of amides is 5. The predicted molar refractivity (Wildman–Crippen MR) is 143 cm³/mol. The van der Waals surface area contributed by atoms with E-state index in [4.69, 9.17) is 9.47 Å². The predicted octanol–water partition coefficient (Wildman–Crippen LogP) is 4.05. The van der Waals surface area contributed by atoms with Crippen LogP contribution in [-0.2, 0) is 14.4 Å². The lowest BCUT2D eigenvalue weighted by Crippen LogP contribution is -2.54.